The first kappa shape index (κ1) is 18.5. The molecule has 146 valence electrons. The van der Waals surface area contributed by atoms with Crippen molar-refractivity contribution in [2.75, 3.05) is 7.11 Å². The van der Waals surface area contributed by atoms with E-state index < -0.39 is 0 Å². The third kappa shape index (κ3) is 3.89. The maximum Gasteiger partial charge on any atom is 0.270 e. The average Bonchev–Trinajstić information content (AvgIpc) is 3.39. The highest BCUT2D eigenvalue weighted by Gasteiger charge is 2.18. The topological polar surface area (TPSA) is 74.0 Å². The van der Waals surface area contributed by atoms with Gasteiger partial charge in [0, 0.05) is 32.2 Å². The van der Waals surface area contributed by atoms with Gasteiger partial charge < -0.3 is 14.6 Å². The Balaban J connectivity index is 1.69. The summed E-state index contributed by atoms with van der Waals surface area (Å²) < 4.78 is 8.86. The minimum Gasteiger partial charge on any atom is -0.497 e. The number of methoxy groups -OCH3 is 1. The molecule has 0 spiro atoms. The first-order valence-electron chi connectivity index (χ1n) is 9.19. The number of ether oxygens (including phenoxy) is 1. The fraction of sp³-hybridized carbons (Fsp3) is 0.136. The van der Waals surface area contributed by atoms with Crippen molar-refractivity contribution in [3.8, 4) is 22.8 Å². The van der Waals surface area contributed by atoms with Gasteiger partial charge >= 0.3 is 0 Å². The lowest BCUT2D eigenvalue weighted by Gasteiger charge is -2.09. The molecule has 1 N–H and O–H groups in total. The number of nitrogens with one attached hydrogen (secondary N) is 1. The molecule has 0 fully saturated rings. The van der Waals surface area contributed by atoms with Gasteiger partial charge in [0.25, 0.3) is 5.91 Å². The summed E-state index contributed by atoms with van der Waals surface area (Å²) in [5.74, 6) is 0.540. The molecule has 1 amide bonds. The monoisotopic (exact) mass is 387 g/mol. The van der Waals surface area contributed by atoms with E-state index in [1.807, 2.05) is 66.3 Å². The molecule has 1 aromatic carbocycles. The van der Waals surface area contributed by atoms with Gasteiger partial charge in [-0.2, -0.15) is 5.10 Å². The van der Waals surface area contributed by atoms with Gasteiger partial charge in [-0.25, -0.2) is 4.68 Å². The van der Waals surface area contributed by atoms with E-state index in [9.17, 15) is 4.79 Å². The minimum atomic E-state index is -0.203. The van der Waals surface area contributed by atoms with E-state index in [4.69, 9.17) is 9.84 Å². The lowest BCUT2D eigenvalue weighted by atomic mass is 10.2. The van der Waals surface area contributed by atoms with Crippen LogP contribution < -0.4 is 10.1 Å². The second-order valence-corrected chi connectivity index (χ2v) is 6.57. The molecule has 0 radical (unpaired) electrons. The maximum atomic E-state index is 13.0. The van der Waals surface area contributed by atoms with Crippen molar-refractivity contribution in [2.45, 2.75) is 6.54 Å². The van der Waals surface area contributed by atoms with Crippen LogP contribution in [0.5, 0.6) is 5.75 Å². The van der Waals surface area contributed by atoms with E-state index >= 15 is 0 Å². The van der Waals surface area contributed by atoms with Crippen LogP contribution in [0.4, 0.5) is 0 Å². The van der Waals surface area contributed by atoms with Gasteiger partial charge in [0.05, 0.1) is 18.5 Å². The summed E-state index contributed by atoms with van der Waals surface area (Å²) in [4.78, 5) is 17.0. The predicted octanol–water partition coefficient (Wildman–Crippen LogP) is 3.21. The van der Waals surface area contributed by atoms with Crippen LogP contribution in [0.3, 0.4) is 0 Å². The normalized spacial score (nSPS) is 10.7. The fourth-order valence-electron chi connectivity index (χ4n) is 3.09. The van der Waals surface area contributed by atoms with Crippen molar-refractivity contribution >= 4 is 5.91 Å². The van der Waals surface area contributed by atoms with E-state index in [0.717, 1.165) is 28.4 Å². The van der Waals surface area contributed by atoms with Crippen molar-refractivity contribution in [3.63, 3.8) is 0 Å². The van der Waals surface area contributed by atoms with Crippen molar-refractivity contribution in [2.24, 2.45) is 7.05 Å². The highest BCUT2D eigenvalue weighted by atomic mass is 16.5. The molecule has 0 aliphatic rings. The molecule has 29 heavy (non-hydrogen) atoms. The minimum absolute atomic E-state index is 0.203. The summed E-state index contributed by atoms with van der Waals surface area (Å²) in [6, 6.07) is 16.9. The zero-order valence-electron chi connectivity index (χ0n) is 16.2. The number of carbonyl (C=O) groups excluding carboxylic acids is 1. The Bertz CT molecular complexity index is 1110. The fourth-order valence-corrected chi connectivity index (χ4v) is 3.09. The van der Waals surface area contributed by atoms with Crippen molar-refractivity contribution in [1.82, 2.24) is 24.6 Å². The van der Waals surface area contributed by atoms with Crippen molar-refractivity contribution in [3.05, 3.63) is 84.4 Å². The zero-order valence-corrected chi connectivity index (χ0v) is 16.2. The Morgan fingerprint density at radius 1 is 1.10 bits per heavy atom. The molecular weight excluding hydrogens is 366 g/mol. The van der Waals surface area contributed by atoms with E-state index in [1.54, 1.807) is 30.3 Å². The third-order valence-corrected chi connectivity index (χ3v) is 4.67. The van der Waals surface area contributed by atoms with Gasteiger partial charge in [-0.1, -0.05) is 0 Å². The number of hydrogen-bond acceptors (Lipinski definition) is 4. The molecule has 0 atom stereocenters. The number of rotatable bonds is 6. The maximum absolute atomic E-state index is 13.0. The molecule has 4 aromatic rings. The number of amides is 1. The lowest BCUT2D eigenvalue weighted by molar-refractivity contribution is 0.0943. The summed E-state index contributed by atoms with van der Waals surface area (Å²) >= 11 is 0. The van der Waals surface area contributed by atoms with E-state index in [2.05, 4.69) is 10.3 Å². The summed E-state index contributed by atoms with van der Waals surface area (Å²) in [5, 5.41) is 7.66. The summed E-state index contributed by atoms with van der Waals surface area (Å²) in [6.45, 7) is 0.411. The Morgan fingerprint density at radius 2 is 1.86 bits per heavy atom. The van der Waals surface area contributed by atoms with Crippen LogP contribution in [0.2, 0.25) is 0 Å². The van der Waals surface area contributed by atoms with E-state index in [-0.39, 0.29) is 5.91 Å². The zero-order chi connectivity index (χ0) is 20.2. The molecule has 0 aliphatic carbocycles. The molecule has 0 bridgehead atoms. The average molecular weight is 387 g/mol. The first-order valence-corrected chi connectivity index (χ1v) is 9.19. The number of aromatic nitrogens is 4. The SMILES string of the molecule is COc1ccc(-n2nc(-c3cccn3C)cc2C(=O)NCc2ccncc2)cc1. The Kier molecular flexibility index (Phi) is 5.11. The molecule has 7 heteroatoms. The number of pyridine rings is 1. The molecule has 0 saturated heterocycles. The van der Waals surface area contributed by atoms with Crippen LogP contribution in [0.1, 0.15) is 16.1 Å². The van der Waals surface area contributed by atoms with Crippen LogP contribution in [0.25, 0.3) is 17.1 Å². The molecule has 0 aliphatic heterocycles. The molecule has 0 unspecified atom stereocenters. The molecule has 3 aromatic heterocycles. The van der Waals surface area contributed by atoms with Gasteiger partial charge in [-0.3, -0.25) is 9.78 Å². The van der Waals surface area contributed by atoms with Gasteiger partial charge in [0.15, 0.2) is 0 Å². The quantitative estimate of drug-likeness (QED) is 0.551. The van der Waals surface area contributed by atoms with Gasteiger partial charge in [-0.15, -0.1) is 0 Å². The number of nitrogens with zero attached hydrogens (tertiary/aromatic N) is 4. The highest BCUT2D eigenvalue weighted by molar-refractivity contribution is 5.94. The molecule has 0 saturated carbocycles. The van der Waals surface area contributed by atoms with Crippen LogP contribution in [-0.4, -0.2) is 32.3 Å². The largest absolute Gasteiger partial charge is 0.497 e. The summed E-state index contributed by atoms with van der Waals surface area (Å²) in [5.41, 5.74) is 3.87. The van der Waals surface area contributed by atoms with E-state index in [0.29, 0.717) is 12.2 Å². The lowest BCUT2D eigenvalue weighted by Crippen LogP contribution is -2.25. The number of aryl methyl sites for hydroxylation is 1. The van der Waals surface area contributed by atoms with E-state index in [1.165, 1.54) is 0 Å². The number of benzene rings is 1. The van der Waals surface area contributed by atoms with Crippen LogP contribution >= 0.6 is 0 Å². The van der Waals surface area contributed by atoms with Crippen molar-refractivity contribution < 1.29 is 9.53 Å². The third-order valence-electron chi connectivity index (χ3n) is 4.67. The van der Waals surface area contributed by atoms with Crippen LogP contribution in [-0.2, 0) is 13.6 Å². The number of hydrogen-bond donors (Lipinski definition) is 1. The Hall–Kier alpha value is -3.87. The second kappa shape index (κ2) is 8.02. The molecule has 7 nitrogen and oxygen atoms in total. The van der Waals surface area contributed by atoms with Crippen LogP contribution in [0.15, 0.2) is 73.2 Å². The van der Waals surface area contributed by atoms with Gasteiger partial charge in [0.2, 0.25) is 0 Å². The Morgan fingerprint density at radius 3 is 2.52 bits per heavy atom. The summed E-state index contributed by atoms with van der Waals surface area (Å²) in [6.07, 6.45) is 5.36. The number of carbonyl (C=O) groups is 1. The molecule has 4 rings (SSSR count). The smallest absolute Gasteiger partial charge is 0.270 e. The van der Waals surface area contributed by atoms with Gasteiger partial charge in [0.1, 0.15) is 17.1 Å². The van der Waals surface area contributed by atoms with Crippen molar-refractivity contribution in [1.29, 1.82) is 0 Å². The second-order valence-electron chi connectivity index (χ2n) is 6.57. The standard InChI is InChI=1S/C22H21N5O2/c1-26-13-3-4-20(26)19-14-21(22(28)24-15-16-9-11-23-12-10-16)27(25-19)17-5-7-18(29-2)8-6-17/h3-14H,15H2,1-2H3,(H,24,28). The molecule has 3 heterocycles. The van der Waals surface area contributed by atoms with Gasteiger partial charge in [-0.05, 0) is 60.2 Å². The molecular formula is C22H21N5O2. The predicted molar refractivity (Wildman–Crippen MR) is 110 cm³/mol. The van der Waals surface area contributed by atoms with Crippen LogP contribution in [0, 0.1) is 0 Å². The first-order chi connectivity index (χ1) is 14.2. The Labute approximate surface area is 168 Å². The highest BCUT2D eigenvalue weighted by Crippen LogP contribution is 2.23. The summed E-state index contributed by atoms with van der Waals surface area (Å²) in [7, 11) is 3.57.